The van der Waals surface area contributed by atoms with Crippen LogP contribution in [0.4, 0.5) is 0 Å². The summed E-state index contributed by atoms with van der Waals surface area (Å²) in [6, 6.07) is 14.5. The van der Waals surface area contributed by atoms with Gasteiger partial charge < -0.3 is 14.2 Å². The number of para-hydroxylation sites is 1. The monoisotopic (exact) mass is 398 g/mol. The molecule has 0 radical (unpaired) electrons. The zero-order chi connectivity index (χ0) is 19.9. The summed E-state index contributed by atoms with van der Waals surface area (Å²) in [5, 5.41) is 4.77. The minimum Gasteiger partial charge on any atom is -0.493 e. The third-order valence-electron chi connectivity index (χ3n) is 3.79. The van der Waals surface area contributed by atoms with Crippen molar-refractivity contribution in [3.05, 3.63) is 59.7 Å². The van der Waals surface area contributed by atoms with Crippen LogP contribution in [0.3, 0.4) is 0 Å². The molecule has 2 aromatic rings. The van der Waals surface area contributed by atoms with Crippen LogP contribution in [0, 0.1) is 0 Å². The molecule has 1 saturated heterocycles. The Bertz CT molecular complexity index is 905. The topological polar surface area (TPSA) is 85.9 Å². The number of carbonyl (C=O) groups excluding carboxylic acids is 2. The second kappa shape index (κ2) is 9.01. The molecular weight excluding hydrogens is 380 g/mol. The van der Waals surface area contributed by atoms with Crippen molar-refractivity contribution in [1.82, 2.24) is 10.6 Å². The number of rotatable bonds is 7. The van der Waals surface area contributed by atoms with Crippen LogP contribution in [0.5, 0.6) is 17.2 Å². The van der Waals surface area contributed by atoms with Gasteiger partial charge in [-0.25, -0.2) is 0 Å². The average Bonchev–Trinajstić information content (AvgIpc) is 2.69. The highest BCUT2D eigenvalue weighted by Gasteiger charge is 2.25. The van der Waals surface area contributed by atoms with Gasteiger partial charge in [-0.2, -0.15) is 0 Å². The number of carbonyl (C=O) groups is 2. The van der Waals surface area contributed by atoms with Crippen molar-refractivity contribution in [2.75, 3.05) is 20.3 Å². The van der Waals surface area contributed by atoms with Gasteiger partial charge in [0.25, 0.3) is 11.8 Å². The second-order valence-corrected chi connectivity index (χ2v) is 6.12. The SMILES string of the molecule is COc1cc(C=C2C(=O)NC(=S)NC2=O)ccc1OCCOc1ccccc1. The minimum absolute atomic E-state index is 0.00815. The van der Waals surface area contributed by atoms with Gasteiger partial charge in [0, 0.05) is 0 Å². The van der Waals surface area contributed by atoms with E-state index < -0.39 is 11.8 Å². The number of hydrogen-bond donors (Lipinski definition) is 2. The van der Waals surface area contributed by atoms with Crippen LogP contribution >= 0.6 is 12.2 Å². The molecule has 0 spiro atoms. The van der Waals surface area contributed by atoms with Crippen molar-refractivity contribution in [1.29, 1.82) is 0 Å². The molecule has 7 nitrogen and oxygen atoms in total. The lowest BCUT2D eigenvalue weighted by Crippen LogP contribution is -2.51. The van der Waals surface area contributed by atoms with E-state index in [-0.39, 0.29) is 10.7 Å². The Morgan fingerprint density at radius 2 is 1.61 bits per heavy atom. The van der Waals surface area contributed by atoms with E-state index in [1.165, 1.54) is 13.2 Å². The fraction of sp³-hybridized carbons (Fsp3) is 0.150. The fourth-order valence-corrected chi connectivity index (χ4v) is 2.68. The summed E-state index contributed by atoms with van der Waals surface area (Å²) >= 11 is 4.78. The first kappa shape index (κ1) is 19.4. The van der Waals surface area contributed by atoms with Gasteiger partial charge in [0.05, 0.1) is 7.11 Å². The third-order valence-corrected chi connectivity index (χ3v) is 4.00. The van der Waals surface area contributed by atoms with Crippen LogP contribution in [0.2, 0.25) is 0 Å². The zero-order valence-electron chi connectivity index (χ0n) is 15.1. The summed E-state index contributed by atoms with van der Waals surface area (Å²) in [5.41, 5.74) is 0.568. The maximum absolute atomic E-state index is 11.9. The van der Waals surface area contributed by atoms with Gasteiger partial charge in [-0.05, 0) is 48.1 Å². The molecule has 3 rings (SSSR count). The second-order valence-electron chi connectivity index (χ2n) is 5.72. The van der Waals surface area contributed by atoms with Crippen LogP contribution in [0.25, 0.3) is 6.08 Å². The number of hydrogen-bond acceptors (Lipinski definition) is 6. The largest absolute Gasteiger partial charge is 0.493 e. The Kier molecular flexibility index (Phi) is 6.23. The lowest BCUT2D eigenvalue weighted by molar-refractivity contribution is -0.123. The van der Waals surface area contributed by atoms with Crippen LogP contribution in [-0.2, 0) is 9.59 Å². The molecule has 0 atom stereocenters. The van der Waals surface area contributed by atoms with E-state index in [1.54, 1.807) is 18.2 Å². The van der Waals surface area contributed by atoms with Crippen molar-refractivity contribution < 1.29 is 23.8 Å². The molecule has 1 heterocycles. The van der Waals surface area contributed by atoms with E-state index >= 15 is 0 Å². The van der Waals surface area contributed by atoms with E-state index in [0.29, 0.717) is 30.3 Å². The van der Waals surface area contributed by atoms with Crippen LogP contribution in [0.1, 0.15) is 5.56 Å². The van der Waals surface area contributed by atoms with E-state index in [9.17, 15) is 9.59 Å². The Morgan fingerprint density at radius 3 is 2.29 bits per heavy atom. The molecule has 0 unspecified atom stereocenters. The van der Waals surface area contributed by atoms with E-state index in [1.807, 2.05) is 30.3 Å². The lowest BCUT2D eigenvalue weighted by atomic mass is 10.1. The van der Waals surface area contributed by atoms with Gasteiger partial charge in [0.1, 0.15) is 24.5 Å². The summed E-state index contributed by atoms with van der Waals surface area (Å²) < 4.78 is 16.6. The third kappa shape index (κ3) is 4.86. The molecule has 28 heavy (non-hydrogen) atoms. The Morgan fingerprint density at radius 1 is 0.929 bits per heavy atom. The Hall–Kier alpha value is -3.39. The lowest BCUT2D eigenvalue weighted by Gasteiger charge is -2.16. The van der Waals surface area contributed by atoms with Gasteiger partial charge in [-0.3, -0.25) is 20.2 Å². The van der Waals surface area contributed by atoms with Crippen molar-refractivity contribution in [2.45, 2.75) is 0 Å². The highest BCUT2D eigenvalue weighted by atomic mass is 32.1. The minimum atomic E-state index is -0.550. The summed E-state index contributed by atoms with van der Waals surface area (Å²) in [4.78, 5) is 23.9. The zero-order valence-corrected chi connectivity index (χ0v) is 15.9. The van der Waals surface area contributed by atoms with Crippen LogP contribution < -0.4 is 24.8 Å². The number of benzene rings is 2. The van der Waals surface area contributed by atoms with Crippen LogP contribution in [-0.4, -0.2) is 37.3 Å². The molecule has 0 aliphatic carbocycles. The van der Waals surface area contributed by atoms with Gasteiger partial charge >= 0.3 is 0 Å². The number of amides is 2. The smallest absolute Gasteiger partial charge is 0.263 e. The fourth-order valence-electron chi connectivity index (χ4n) is 2.49. The molecular formula is C20H18N2O5S. The standard InChI is InChI=1S/C20H18N2O5S/c1-25-17-12-13(11-15-18(23)21-20(28)22-19(15)24)7-8-16(17)27-10-9-26-14-5-3-2-4-6-14/h2-8,11-12H,9-10H2,1H3,(H2,21,22,23,24,28). The Labute approximate surface area is 167 Å². The molecule has 2 N–H and O–H groups in total. The molecule has 2 aromatic carbocycles. The predicted molar refractivity (Wildman–Crippen MR) is 107 cm³/mol. The van der Waals surface area contributed by atoms with E-state index in [4.69, 9.17) is 26.4 Å². The molecule has 1 aliphatic rings. The number of nitrogens with one attached hydrogen (secondary N) is 2. The quantitative estimate of drug-likeness (QED) is 0.321. The predicted octanol–water partition coefficient (Wildman–Crippen LogP) is 2.07. The van der Waals surface area contributed by atoms with Gasteiger partial charge in [0.15, 0.2) is 16.6 Å². The van der Waals surface area contributed by atoms with E-state index in [0.717, 1.165) is 5.75 Å². The van der Waals surface area contributed by atoms with Crippen LogP contribution in [0.15, 0.2) is 54.1 Å². The summed E-state index contributed by atoms with van der Waals surface area (Å²) in [6.07, 6.45) is 1.46. The number of methoxy groups -OCH3 is 1. The van der Waals surface area contributed by atoms with Crippen molar-refractivity contribution in [2.24, 2.45) is 0 Å². The number of ether oxygens (including phenoxy) is 3. The van der Waals surface area contributed by atoms with Gasteiger partial charge in [0.2, 0.25) is 0 Å². The summed E-state index contributed by atoms with van der Waals surface area (Å²) in [5.74, 6) is 0.669. The molecule has 144 valence electrons. The van der Waals surface area contributed by atoms with Gasteiger partial charge in [-0.15, -0.1) is 0 Å². The molecule has 8 heteroatoms. The molecule has 0 bridgehead atoms. The molecule has 0 saturated carbocycles. The van der Waals surface area contributed by atoms with E-state index in [2.05, 4.69) is 10.6 Å². The average molecular weight is 398 g/mol. The molecule has 0 aromatic heterocycles. The molecule has 2 amide bonds. The first-order valence-corrected chi connectivity index (χ1v) is 8.84. The first-order chi connectivity index (χ1) is 13.6. The first-order valence-electron chi connectivity index (χ1n) is 8.44. The van der Waals surface area contributed by atoms with Crippen molar-refractivity contribution >= 4 is 35.2 Å². The normalized spacial score (nSPS) is 13.5. The number of thiocarbonyl (C=S) groups is 1. The maximum Gasteiger partial charge on any atom is 0.263 e. The highest BCUT2D eigenvalue weighted by molar-refractivity contribution is 7.80. The Balaban J connectivity index is 1.65. The van der Waals surface area contributed by atoms with Gasteiger partial charge in [-0.1, -0.05) is 24.3 Å². The summed E-state index contributed by atoms with van der Waals surface area (Å²) in [6.45, 7) is 0.702. The molecule has 1 fully saturated rings. The highest BCUT2D eigenvalue weighted by Crippen LogP contribution is 2.29. The van der Waals surface area contributed by atoms with Crippen molar-refractivity contribution in [3.63, 3.8) is 0 Å². The van der Waals surface area contributed by atoms with Crippen molar-refractivity contribution in [3.8, 4) is 17.2 Å². The maximum atomic E-state index is 11.9. The summed E-state index contributed by atoms with van der Waals surface area (Å²) in [7, 11) is 1.51. The molecule has 1 aliphatic heterocycles.